The second-order valence-corrected chi connectivity index (χ2v) is 5.40. The number of pyridine rings is 1. The summed E-state index contributed by atoms with van der Waals surface area (Å²) in [6, 6.07) is 3.00. The van der Waals surface area contributed by atoms with Crippen molar-refractivity contribution in [2.75, 3.05) is 19.1 Å². The molecule has 0 bridgehead atoms. The zero-order valence-electron chi connectivity index (χ0n) is 12.0. The predicted molar refractivity (Wildman–Crippen MR) is 80.5 cm³/mol. The Hall–Kier alpha value is -2.06. The Labute approximate surface area is 126 Å². The number of nitro groups is 1. The third-order valence-corrected chi connectivity index (χ3v) is 4.05. The highest BCUT2D eigenvalue weighted by atomic mass is 32.1. The van der Waals surface area contributed by atoms with Gasteiger partial charge in [0.15, 0.2) is 0 Å². The van der Waals surface area contributed by atoms with Gasteiger partial charge < -0.3 is 9.64 Å². The van der Waals surface area contributed by atoms with Crippen LogP contribution >= 0.6 is 11.3 Å². The molecule has 21 heavy (non-hydrogen) atoms. The summed E-state index contributed by atoms with van der Waals surface area (Å²) < 4.78 is 5.22. The van der Waals surface area contributed by atoms with Gasteiger partial charge in [0.25, 0.3) is 0 Å². The van der Waals surface area contributed by atoms with Crippen LogP contribution in [0.5, 0.6) is 0 Å². The Bertz CT molecular complexity index is 631. The van der Waals surface area contributed by atoms with Crippen molar-refractivity contribution in [1.29, 1.82) is 0 Å². The number of anilines is 1. The second-order valence-electron chi connectivity index (χ2n) is 4.51. The molecule has 0 aliphatic carbocycles. The van der Waals surface area contributed by atoms with Crippen LogP contribution in [0.1, 0.15) is 23.7 Å². The highest BCUT2D eigenvalue weighted by Crippen LogP contribution is 2.26. The third kappa shape index (κ3) is 3.53. The molecule has 0 saturated carbocycles. The van der Waals surface area contributed by atoms with Crippen LogP contribution in [-0.2, 0) is 11.3 Å². The molecular formula is C13H16N4O3S. The van der Waals surface area contributed by atoms with Gasteiger partial charge in [0, 0.05) is 31.8 Å². The molecule has 0 spiro atoms. The van der Waals surface area contributed by atoms with E-state index in [2.05, 4.69) is 9.97 Å². The van der Waals surface area contributed by atoms with Crippen molar-refractivity contribution in [3.05, 3.63) is 44.5 Å². The van der Waals surface area contributed by atoms with Crippen molar-refractivity contribution in [2.45, 2.75) is 19.6 Å². The van der Waals surface area contributed by atoms with E-state index in [1.165, 1.54) is 23.6 Å². The Morgan fingerprint density at radius 1 is 1.57 bits per heavy atom. The number of ether oxygens (including phenoxy) is 1. The Balaban J connectivity index is 2.16. The first-order chi connectivity index (χ1) is 10.0. The van der Waals surface area contributed by atoms with E-state index in [1.807, 2.05) is 12.3 Å². The molecule has 0 fully saturated rings. The molecule has 0 amide bonds. The van der Waals surface area contributed by atoms with Crippen LogP contribution in [0.3, 0.4) is 0 Å². The predicted octanol–water partition coefficient (Wildman–Crippen LogP) is 2.79. The van der Waals surface area contributed by atoms with Crippen LogP contribution in [0.4, 0.5) is 11.5 Å². The fourth-order valence-corrected chi connectivity index (χ4v) is 2.67. The van der Waals surface area contributed by atoms with E-state index in [1.54, 1.807) is 25.1 Å². The van der Waals surface area contributed by atoms with Crippen LogP contribution in [0, 0.1) is 10.1 Å². The van der Waals surface area contributed by atoms with Gasteiger partial charge in [-0.05, 0) is 13.0 Å². The minimum atomic E-state index is -0.432. The van der Waals surface area contributed by atoms with E-state index in [9.17, 15) is 10.1 Å². The van der Waals surface area contributed by atoms with Gasteiger partial charge in [-0.1, -0.05) is 0 Å². The SMILES string of the molecule is COC(C)c1nc(CN(C)c2ncccc2[N+](=O)[O-])cs1. The highest BCUT2D eigenvalue weighted by Gasteiger charge is 2.19. The minimum Gasteiger partial charge on any atom is -0.375 e. The van der Waals surface area contributed by atoms with Crippen molar-refractivity contribution in [3.63, 3.8) is 0 Å². The lowest BCUT2D eigenvalue weighted by molar-refractivity contribution is -0.384. The summed E-state index contributed by atoms with van der Waals surface area (Å²) in [5, 5.41) is 13.8. The van der Waals surface area contributed by atoms with E-state index in [-0.39, 0.29) is 11.8 Å². The number of rotatable bonds is 6. The topological polar surface area (TPSA) is 81.4 Å². The van der Waals surface area contributed by atoms with Crippen LogP contribution in [0.15, 0.2) is 23.7 Å². The summed E-state index contributed by atoms with van der Waals surface area (Å²) in [6.45, 7) is 2.38. The maximum absolute atomic E-state index is 11.0. The molecule has 2 rings (SSSR count). The van der Waals surface area contributed by atoms with Gasteiger partial charge in [0.2, 0.25) is 5.82 Å². The van der Waals surface area contributed by atoms with E-state index in [4.69, 9.17) is 4.74 Å². The summed E-state index contributed by atoms with van der Waals surface area (Å²) in [6.07, 6.45) is 1.48. The van der Waals surface area contributed by atoms with Crippen molar-refractivity contribution in [3.8, 4) is 0 Å². The number of hydrogen-bond acceptors (Lipinski definition) is 7. The summed E-state index contributed by atoms with van der Waals surface area (Å²) >= 11 is 1.51. The highest BCUT2D eigenvalue weighted by molar-refractivity contribution is 7.09. The average Bonchev–Trinajstić information content (AvgIpc) is 2.94. The number of nitrogens with zero attached hydrogens (tertiary/aromatic N) is 4. The fourth-order valence-electron chi connectivity index (χ4n) is 1.83. The fraction of sp³-hybridized carbons (Fsp3) is 0.385. The zero-order chi connectivity index (χ0) is 15.4. The lowest BCUT2D eigenvalue weighted by atomic mass is 10.3. The van der Waals surface area contributed by atoms with Crippen molar-refractivity contribution >= 4 is 22.8 Å². The first-order valence-electron chi connectivity index (χ1n) is 6.30. The van der Waals surface area contributed by atoms with Gasteiger partial charge in [-0.15, -0.1) is 11.3 Å². The average molecular weight is 308 g/mol. The molecule has 112 valence electrons. The lowest BCUT2D eigenvalue weighted by Crippen LogP contribution is -2.19. The van der Waals surface area contributed by atoms with Gasteiger partial charge in [-0.25, -0.2) is 9.97 Å². The van der Waals surface area contributed by atoms with Gasteiger partial charge in [0.05, 0.1) is 17.2 Å². The first-order valence-corrected chi connectivity index (χ1v) is 7.18. The van der Waals surface area contributed by atoms with Crippen LogP contribution < -0.4 is 4.90 Å². The van der Waals surface area contributed by atoms with E-state index in [0.29, 0.717) is 12.4 Å². The Morgan fingerprint density at radius 2 is 2.33 bits per heavy atom. The normalized spacial score (nSPS) is 12.1. The van der Waals surface area contributed by atoms with E-state index in [0.717, 1.165) is 10.7 Å². The molecule has 2 aromatic heterocycles. The largest absolute Gasteiger partial charge is 0.375 e. The molecule has 0 N–H and O–H groups in total. The quantitative estimate of drug-likeness (QED) is 0.603. The van der Waals surface area contributed by atoms with Gasteiger partial charge in [0.1, 0.15) is 11.1 Å². The standard InChI is InChI=1S/C13H16N4O3S/c1-9(20-3)13-15-10(8-21-13)7-16(2)12-11(17(18)19)5-4-6-14-12/h4-6,8-9H,7H2,1-3H3. The monoisotopic (exact) mass is 308 g/mol. The molecule has 2 aromatic rings. The molecule has 7 nitrogen and oxygen atoms in total. The van der Waals surface area contributed by atoms with Crippen molar-refractivity contribution < 1.29 is 9.66 Å². The molecule has 8 heteroatoms. The number of aromatic nitrogens is 2. The smallest absolute Gasteiger partial charge is 0.311 e. The Kier molecular flexibility index (Phi) is 4.81. The summed E-state index contributed by atoms with van der Waals surface area (Å²) in [4.78, 5) is 20.9. The van der Waals surface area contributed by atoms with Crippen LogP contribution in [0.25, 0.3) is 0 Å². The second kappa shape index (κ2) is 6.59. The van der Waals surface area contributed by atoms with Gasteiger partial charge >= 0.3 is 5.69 Å². The zero-order valence-corrected chi connectivity index (χ0v) is 12.8. The molecular weight excluding hydrogens is 292 g/mol. The van der Waals surface area contributed by atoms with Crippen LogP contribution in [0.2, 0.25) is 0 Å². The number of thiazole rings is 1. The molecule has 0 radical (unpaired) electrons. The molecule has 1 atom stereocenters. The summed E-state index contributed by atoms with van der Waals surface area (Å²) in [5.74, 6) is 0.330. The maximum atomic E-state index is 11.0. The summed E-state index contributed by atoms with van der Waals surface area (Å²) in [5.41, 5.74) is 0.821. The lowest BCUT2D eigenvalue weighted by Gasteiger charge is -2.16. The number of hydrogen-bond donors (Lipinski definition) is 0. The van der Waals surface area contributed by atoms with E-state index >= 15 is 0 Å². The number of methoxy groups -OCH3 is 1. The van der Waals surface area contributed by atoms with Crippen molar-refractivity contribution in [1.82, 2.24) is 9.97 Å². The molecule has 2 heterocycles. The molecule has 0 aliphatic heterocycles. The molecule has 0 aromatic carbocycles. The van der Waals surface area contributed by atoms with E-state index < -0.39 is 4.92 Å². The van der Waals surface area contributed by atoms with Gasteiger partial charge in [-0.3, -0.25) is 10.1 Å². The van der Waals surface area contributed by atoms with Crippen molar-refractivity contribution in [2.24, 2.45) is 0 Å². The molecule has 0 aliphatic rings. The molecule has 1 unspecified atom stereocenters. The van der Waals surface area contributed by atoms with Crippen LogP contribution in [-0.4, -0.2) is 29.0 Å². The maximum Gasteiger partial charge on any atom is 0.311 e. The summed E-state index contributed by atoms with van der Waals surface area (Å²) in [7, 11) is 3.39. The van der Waals surface area contributed by atoms with Gasteiger partial charge in [-0.2, -0.15) is 0 Å². The minimum absolute atomic E-state index is 0.0132. The third-order valence-electron chi connectivity index (χ3n) is 2.99. The Morgan fingerprint density at radius 3 is 3.00 bits per heavy atom. The first kappa shape index (κ1) is 15.3. The molecule has 0 saturated heterocycles.